The molecule has 4 fully saturated rings. The van der Waals surface area contributed by atoms with Crippen LogP contribution in [0.4, 0.5) is 0 Å². The summed E-state index contributed by atoms with van der Waals surface area (Å²) < 4.78 is 0. The summed E-state index contributed by atoms with van der Waals surface area (Å²) in [7, 11) is 0. The summed E-state index contributed by atoms with van der Waals surface area (Å²) in [6.07, 6.45) is 14.0. The molecule has 1 nitrogen and oxygen atoms in total. The Balaban J connectivity index is 1.64. The highest BCUT2D eigenvalue weighted by atomic mass is 16.3. The zero-order valence-electron chi connectivity index (χ0n) is 15.0. The summed E-state index contributed by atoms with van der Waals surface area (Å²) >= 11 is 0. The number of fused-ring (bicyclic) bond motifs is 5. The van der Waals surface area contributed by atoms with Gasteiger partial charge in [0.2, 0.25) is 0 Å². The lowest BCUT2D eigenvalue weighted by Gasteiger charge is -2.60. The summed E-state index contributed by atoms with van der Waals surface area (Å²) in [5, 5.41) is 10.7. The van der Waals surface area contributed by atoms with E-state index in [9.17, 15) is 5.11 Å². The van der Waals surface area contributed by atoms with Crippen molar-refractivity contribution in [2.24, 2.45) is 40.4 Å². The first-order valence-corrected chi connectivity index (χ1v) is 10.2. The Labute approximate surface area is 137 Å². The van der Waals surface area contributed by atoms with Crippen LogP contribution in [0, 0.1) is 40.4 Å². The molecule has 0 unspecified atom stereocenters. The van der Waals surface area contributed by atoms with Gasteiger partial charge in [-0.05, 0) is 85.4 Å². The molecule has 4 aliphatic rings. The lowest BCUT2D eigenvalue weighted by molar-refractivity contribution is -0.111. The van der Waals surface area contributed by atoms with Gasteiger partial charge in [0, 0.05) is 0 Å². The molecule has 0 heterocycles. The largest absolute Gasteiger partial charge is 0.393 e. The highest BCUT2D eigenvalue weighted by Gasteiger charge is 2.61. The Morgan fingerprint density at radius 1 is 0.909 bits per heavy atom. The highest BCUT2D eigenvalue weighted by Crippen LogP contribution is 2.67. The van der Waals surface area contributed by atoms with Crippen molar-refractivity contribution in [2.45, 2.75) is 91.1 Å². The van der Waals surface area contributed by atoms with Crippen LogP contribution in [-0.2, 0) is 0 Å². The molecule has 126 valence electrons. The molecule has 1 N–H and O–H groups in total. The molecule has 0 amide bonds. The molecule has 0 spiro atoms. The summed E-state index contributed by atoms with van der Waals surface area (Å²) in [5.74, 6) is 4.28. The van der Waals surface area contributed by atoms with Crippen LogP contribution in [0.3, 0.4) is 0 Å². The topological polar surface area (TPSA) is 20.2 Å². The number of hydrogen-bond acceptors (Lipinski definition) is 1. The maximum atomic E-state index is 10.7. The summed E-state index contributed by atoms with van der Waals surface area (Å²) in [5.41, 5.74) is 1.07. The van der Waals surface area contributed by atoms with E-state index in [4.69, 9.17) is 0 Å². The van der Waals surface area contributed by atoms with Gasteiger partial charge in [-0.2, -0.15) is 0 Å². The Morgan fingerprint density at radius 2 is 1.73 bits per heavy atom. The van der Waals surface area contributed by atoms with Crippen molar-refractivity contribution in [1.82, 2.24) is 0 Å². The number of aliphatic hydroxyl groups is 1. The number of aliphatic hydroxyl groups excluding tert-OH is 1. The molecular formula is C21H36O. The lowest BCUT2D eigenvalue weighted by atomic mass is 9.45. The van der Waals surface area contributed by atoms with E-state index < -0.39 is 0 Å². The van der Waals surface area contributed by atoms with E-state index in [2.05, 4.69) is 20.8 Å². The average Bonchev–Trinajstić information content (AvgIpc) is 2.76. The van der Waals surface area contributed by atoms with Crippen LogP contribution >= 0.6 is 0 Å². The van der Waals surface area contributed by atoms with Gasteiger partial charge in [-0.1, -0.05) is 40.0 Å². The summed E-state index contributed by atoms with van der Waals surface area (Å²) in [6.45, 7) is 7.49. The van der Waals surface area contributed by atoms with Gasteiger partial charge in [0.05, 0.1) is 6.10 Å². The van der Waals surface area contributed by atoms with E-state index in [0.29, 0.717) is 16.7 Å². The van der Waals surface area contributed by atoms with Crippen LogP contribution in [0.5, 0.6) is 0 Å². The van der Waals surface area contributed by atoms with Crippen molar-refractivity contribution in [3.63, 3.8) is 0 Å². The molecule has 1 heteroatoms. The van der Waals surface area contributed by atoms with Crippen molar-refractivity contribution in [1.29, 1.82) is 0 Å². The standard InChI is InChI=1S/C21H36O/c1-4-16-19(22)13-18-15-9-8-14-7-5-6-11-20(14,2)17(15)10-12-21(16,18)3/h14-19,22H,4-13H2,1-3H3/t14-,15-,16-,17+,18-,19-,20+,21+/m1/s1. The third-order valence-corrected chi connectivity index (χ3v) is 9.27. The second-order valence-electron chi connectivity index (χ2n) is 9.77. The van der Waals surface area contributed by atoms with Crippen LogP contribution in [0.25, 0.3) is 0 Å². The average molecular weight is 305 g/mol. The fourth-order valence-electron chi connectivity index (χ4n) is 8.15. The molecule has 22 heavy (non-hydrogen) atoms. The predicted molar refractivity (Wildman–Crippen MR) is 91.5 cm³/mol. The molecule has 0 aromatic heterocycles. The minimum Gasteiger partial charge on any atom is -0.393 e. The smallest absolute Gasteiger partial charge is 0.0576 e. The zero-order valence-corrected chi connectivity index (χ0v) is 15.0. The molecule has 0 saturated heterocycles. The van der Waals surface area contributed by atoms with Gasteiger partial charge < -0.3 is 5.11 Å². The second kappa shape index (κ2) is 5.23. The molecule has 8 atom stereocenters. The second-order valence-corrected chi connectivity index (χ2v) is 9.77. The monoisotopic (exact) mass is 304 g/mol. The van der Waals surface area contributed by atoms with Crippen LogP contribution in [0.2, 0.25) is 0 Å². The summed E-state index contributed by atoms with van der Waals surface area (Å²) in [4.78, 5) is 0. The van der Waals surface area contributed by atoms with Crippen molar-refractivity contribution in [2.75, 3.05) is 0 Å². The van der Waals surface area contributed by atoms with Gasteiger partial charge in [-0.15, -0.1) is 0 Å². The van der Waals surface area contributed by atoms with Crippen LogP contribution < -0.4 is 0 Å². The molecule has 4 aliphatic carbocycles. The fourth-order valence-corrected chi connectivity index (χ4v) is 8.15. The molecule has 0 aromatic rings. The van der Waals surface area contributed by atoms with E-state index in [-0.39, 0.29) is 6.10 Å². The lowest BCUT2D eigenvalue weighted by Crippen LogP contribution is -2.52. The van der Waals surface area contributed by atoms with Crippen LogP contribution in [-0.4, -0.2) is 11.2 Å². The van der Waals surface area contributed by atoms with Gasteiger partial charge in [0.15, 0.2) is 0 Å². The minimum absolute atomic E-state index is 0.0179. The van der Waals surface area contributed by atoms with Crippen molar-refractivity contribution < 1.29 is 5.11 Å². The van der Waals surface area contributed by atoms with Crippen molar-refractivity contribution in [3.8, 4) is 0 Å². The van der Waals surface area contributed by atoms with E-state index >= 15 is 0 Å². The zero-order chi connectivity index (χ0) is 15.5. The molecular weight excluding hydrogens is 268 g/mol. The SMILES string of the molecule is CC[C@@H]1[C@H](O)C[C@@H]2[C@@H]3CC[C@H]4CCCC[C@]4(C)[C@H]3CC[C@]21C. The van der Waals surface area contributed by atoms with Crippen LogP contribution in [0.15, 0.2) is 0 Å². The first-order chi connectivity index (χ1) is 10.5. The fraction of sp³-hybridized carbons (Fsp3) is 1.00. The maximum absolute atomic E-state index is 10.7. The number of rotatable bonds is 1. The van der Waals surface area contributed by atoms with Crippen molar-refractivity contribution in [3.05, 3.63) is 0 Å². The summed E-state index contributed by atoms with van der Waals surface area (Å²) in [6, 6.07) is 0. The third-order valence-electron chi connectivity index (χ3n) is 9.27. The van der Waals surface area contributed by atoms with Crippen molar-refractivity contribution >= 4 is 0 Å². The molecule has 4 rings (SSSR count). The molecule has 0 radical (unpaired) electrons. The van der Waals surface area contributed by atoms with E-state index in [1.54, 1.807) is 0 Å². The first-order valence-electron chi connectivity index (χ1n) is 10.2. The predicted octanol–water partition coefficient (Wildman–Crippen LogP) is 5.42. The highest BCUT2D eigenvalue weighted by molar-refractivity contribution is 5.10. The minimum atomic E-state index is -0.0179. The van der Waals surface area contributed by atoms with Crippen LogP contribution in [0.1, 0.15) is 85.0 Å². The van der Waals surface area contributed by atoms with Gasteiger partial charge in [0.1, 0.15) is 0 Å². The Morgan fingerprint density at radius 3 is 2.50 bits per heavy atom. The molecule has 0 aliphatic heterocycles. The Bertz CT molecular complexity index is 426. The molecule has 0 aromatic carbocycles. The molecule has 0 bridgehead atoms. The Hall–Kier alpha value is -0.0400. The van der Waals surface area contributed by atoms with Gasteiger partial charge in [-0.3, -0.25) is 0 Å². The van der Waals surface area contributed by atoms with E-state index in [1.807, 2.05) is 0 Å². The quantitative estimate of drug-likeness (QED) is 0.686. The maximum Gasteiger partial charge on any atom is 0.0576 e. The normalized spacial score (nSPS) is 57.8. The number of hydrogen-bond donors (Lipinski definition) is 1. The van der Waals surface area contributed by atoms with E-state index in [1.165, 1.54) is 57.8 Å². The molecule has 4 saturated carbocycles. The van der Waals surface area contributed by atoms with Gasteiger partial charge >= 0.3 is 0 Å². The first kappa shape index (κ1) is 15.5. The third kappa shape index (κ3) is 1.93. The van der Waals surface area contributed by atoms with E-state index in [0.717, 1.165) is 30.1 Å². The van der Waals surface area contributed by atoms with Gasteiger partial charge in [0.25, 0.3) is 0 Å². The van der Waals surface area contributed by atoms with Gasteiger partial charge in [-0.25, -0.2) is 0 Å². The Kier molecular flexibility index (Phi) is 3.68.